The summed E-state index contributed by atoms with van der Waals surface area (Å²) in [5, 5.41) is 12.5. The number of carboxylic acids is 1. The van der Waals surface area contributed by atoms with Gasteiger partial charge in [-0.05, 0) is 62.1 Å². The topological polar surface area (TPSA) is 75.6 Å². The van der Waals surface area contributed by atoms with E-state index in [2.05, 4.69) is 5.32 Å². The number of ether oxygens (including phenoxy) is 1. The van der Waals surface area contributed by atoms with Crippen molar-refractivity contribution in [3.63, 3.8) is 0 Å². The first-order chi connectivity index (χ1) is 13.0. The highest BCUT2D eigenvalue weighted by Gasteiger charge is 2.48. The Morgan fingerprint density at radius 3 is 2.15 bits per heavy atom. The van der Waals surface area contributed by atoms with Crippen molar-refractivity contribution in [3.8, 4) is 11.5 Å². The Morgan fingerprint density at radius 1 is 0.963 bits per heavy atom. The highest BCUT2D eigenvalue weighted by Crippen LogP contribution is 2.40. The number of carbonyl (C=O) groups is 2. The number of amides is 1. The van der Waals surface area contributed by atoms with Crippen LogP contribution >= 0.6 is 0 Å². The van der Waals surface area contributed by atoms with Crippen LogP contribution in [0.3, 0.4) is 0 Å². The van der Waals surface area contributed by atoms with Crippen molar-refractivity contribution < 1.29 is 19.4 Å². The van der Waals surface area contributed by atoms with Crippen molar-refractivity contribution in [3.05, 3.63) is 54.6 Å². The second-order valence-electron chi connectivity index (χ2n) is 7.24. The van der Waals surface area contributed by atoms with E-state index < -0.39 is 17.3 Å². The van der Waals surface area contributed by atoms with Crippen LogP contribution < -0.4 is 10.1 Å². The Balaban J connectivity index is 1.69. The maximum atomic E-state index is 12.8. The van der Waals surface area contributed by atoms with Crippen LogP contribution in [0.5, 0.6) is 11.5 Å². The number of rotatable bonds is 6. The summed E-state index contributed by atoms with van der Waals surface area (Å²) in [4.78, 5) is 24.8. The molecule has 1 atom stereocenters. The van der Waals surface area contributed by atoms with Gasteiger partial charge in [-0.25, -0.2) is 0 Å². The number of carboxylic acid groups (broad SMARTS) is 1. The van der Waals surface area contributed by atoms with Crippen LogP contribution in [0.15, 0.2) is 54.6 Å². The van der Waals surface area contributed by atoms with E-state index in [-0.39, 0.29) is 5.92 Å². The van der Waals surface area contributed by atoms with Gasteiger partial charge in [0.05, 0.1) is 0 Å². The van der Waals surface area contributed by atoms with Gasteiger partial charge >= 0.3 is 5.97 Å². The quantitative estimate of drug-likeness (QED) is 0.698. The molecule has 5 heteroatoms. The molecule has 0 bridgehead atoms. The molecule has 0 aromatic heterocycles. The molecule has 0 aliphatic heterocycles. The van der Waals surface area contributed by atoms with Gasteiger partial charge in [0.2, 0.25) is 5.91 Å². The van der Waals surface area contributed by atoms with Gasteiger partial charge in [0, 0.05) is 5.69 Å². The van der Waals surface area contributed by atoms with Crippen LogP contribution in [0.25, 0.3) is 0 Å². The summed E-state index contributed by atoms with van der Waals surface area (Å²) in [7, 11) is 0. The van der Waals surface area contributed by atoms with Crippen LogP contribution in [0, 0.1) is 11.3 Å². The standard InChI is InChI=1S/C22H25NO4/c1-22(21(25)26,16-8-4-2-5-9-16)20(24)23-17-12-14-19(15-13-17)27-18-10-6-3-7-11-18/h3,6-7,10-16H,2,4-5,8-9H2,1H3,(H,23,24)(H,25,26). The van der Waals surface area contributed by atoms with Gasteiger partial charge in [-0.15, -0.1) is 0 Å². The lowest BCUT2D eigenvalue weighted by molar-refractivity contribution is -0.157. The fourth-order valence-corrected chi connectivity index (χ4v) is 3.63. The number of anilines is 1. The van der Waals surface area contributed by atoms with Gasteiger partial charge in [-0.3, -0.25) is 9.59 Å². The second kappa shape index (κ2) is 8.25. The zero-order valence-electron chi connectivity index (χ0n) is 15.5. The Morgan fingerprint density at radius 2 is 1.56 bits per heavy atom. The summed E-state index contributed by atoms with van der Waals surface area (Å²) < 4.78 is 5.73. The number of hydrogen-bond donors (Lipinski definition) is 2. The normalized spacial score (nSPS) is 16.9. The average molecular weight is 367 g/mol. The third-order valence-electron chi connectivity index (χ3n) is 5.43. The van der Waals surface area contributed by atoms with Gasteiger partial charge in [0.25, 0.3) is 0 Å². The Kier molecular flexibility index (Phi) is 5.79. The molecule has 1 aliphatic carbocycles. The molecule has 0 spiro atoms. The summed E-state index contributed by atoms with van der Waals surface area (Å²) in [6.07, 6.45) is 4.62. The van der Waals surface area contributed by atoms with E-state index in [1.54, 1.807) is 31.2 Å². The summed E-state index contributed by atoms with van der Waals surface area (Å²) >= 11 is 0. The van der Waals surface area contributed by atoms with Crippen molar-refractivity contribution in [2.75, 3.05) is 5.32 Å². The Labute approximate surface area is 159 Å². The predicted molar refractivity (Wildman–Crippen MR) is 104 cm³/mol. The van der Waals surface area contributed by atoms with E-state index in [0.29, 0.717) is 11.4 Å². The molecular formula is C22H25NO4. The average Bonchev–Trinajstić information content (AvgIpc) is 2.70. The molecule has 0 heterocycles. The largest absolute Gasteiger partial charge is 0.480 e. The monoisotopic (exact) mass is 367 g/mol. The smallest absolute Gasteiger partial charge is 0.319 e. The summed E-state index contributed by atoms with van der Waals surface area (Å²) in [6, 6.07) is 16.4. The Bertz CT molecular complexity index is 782. The predicted octanol–water partition coefficient (Wildman–Crippen LogP) is 5.09. The SMILES string of the molecule is CC(C(=O)O)(C(=O)Nc1ccc(Oc2ccccc2)cc1)C1CCCCC1. The number of para-hydroxylation sites is 1. The van der Waals surface area contributed by atoms with Crippen LogP contribution in [0.4, 0.5) is 5.69 Å². The van der Waals surface area contributed by atoms with Crippen molar-refractivity contribution in [1.29, 1.82) is 0 Å². The first-order valence-corrected chi connectivity index (χ1v) is 9.38. The van der Waals surface area contributed by atoms with Gasteiger partial charge < -0.3 is 15.2 Å². The molecule has 1 amide bonds. The van der Waals surface area contributed by atoms with Gasteiger partial charge in [0.15, 0.2) is 0 Å². The second-order valence-corrected chi connectivity index (χ2v) is 7.24. The Hall–Kier alpha value is -2.82. The van der Waals surface area contributed by atoms with E-state index in [9.17, 15) is 14.7 Å². The number of aliphatic carboxylic acids is 1. The fraction of sp³-hybridized carbons (Fsp3) is 0.364. The number of carbonyl (C=O) groups excluding carboxylic acids is 1. The molecular weight excluding hydrogens is 342 g/mol. The van der Waals surface area contributed by atoms with Crippen LogP contribution in [0.1, 0.15) is 39.0 Å². The molecule has 1 unspecified atom stereocenters. The molecule has 1 saturated carbocycles. The number of nitrogens with one attached hydrogen (secondary N) is 1. The van der Waals surface area contributed by atoms with E-state index in [1.807, 2.05) is 30.3 Å². The molecule has 0 radical (unpaired) electrons. The maximum Gasteiger partial charge on any atom is 0.319 e. The minimum Gasteiger partial charge on any atom is -0.480 e. The van der Waals surface area contributed by atoms with Crippen molar-refractivity contribution in [2.45, 2.75) is 39.0 Å². The van der Waals surface area contributed by atoms with Crippen LogP contribution in [0.2, 0.25) is 0 Å². The molecule has 27 heavy (non-hydrogen) atoms. The van der Waals surface area contributed by atoms with Crippen molar-refractivity contribution >= 4 is 17.6 Å². The highest BCUT2D eigenvalue weighted by molar-refractivity contribution is 6.08. The lowest BCUT2D eigenvalue weighted by atomic mass is 9.69. The van der Waals surface area contributed by atoms with Gasteiger partial charge in [-0.2, -0.15) is 0 Å². The summed E-state index contributed by atoms with van der Waals surface area (Å²) in [5.41, 5.74) is -0.858. The molecule has 2 N–H and O–H groups in total. The molecule has 1 fully saturated rings. The highest BCUT2D eigenvalue weighted by atomic mass is 16.5. The summed E-state index contributed by atoms with van der Waals surface area (Å²) in [5.74, 6) is -0.281. The lowest BCUT2D eigenvalue weighted by Crippen LogP contribution is -2.47. The third kappa shape index (κ3) is 4.30. The van der Waals surface area contributed by atoms with Crippen LogP contribution in [-0.2, 0) is 9.59 Å². The van der Waals surface area contributed by atoms with Crippen molar-refractivity contribution in [2.24, 2.45) is 11.3 Å². The molecule has 2 aromatic rings. The van der Waals surface area contributed by atoms with E-state index in [4.69, 9.17) is 4.74 Å². The zero-order valence-corrected chi connectivity index (χ0v) is 15.5. The molecule has 0 saturated heterocycles. The molecule has 3 rings (SSSR count). The maximum absolute atomic E-state index is 12.8. The first kappa shape index (κ1) is 19.0. The molecule has 142 valence electrons. The molecule has 2 aromatic carbocycles. The zero-order chi connectivity index (χ0) is 19.3. The third-order valence-corrected chi connectivity index (χ3v) is 5.43. The molecule has 1 aliphatic rings. The van der Waals surface area contributed by atoms with E-state index in [0.717, 1.165) is 37.9 Å². The van der Waals surface area contributed by atoms with Gasteiger partial charge in [0.1, 0.15) is 16.9 Å². The van der Waals surface area contributed by atoms with Crippen LogP contribution in [-0.4, -0.2) is 17.0 Å². The van der Waals surface area contributed by atoms with Crippen molar-refractivity contribution in [1.82, 2.24) is 0 Å². The minimum absolute atomic E-state index is 0.135. The minimum atomic E-state index is -1.42. The van der Waals surface area contributed by atoms with E-state index in [1.165, 1.54) is 0 Å². The molecule has 5 nitrogen and oxygen atoms in total. The number of hydrogen-bond acceptors (Lipinski definition) is 3. The first-order valence-electron chi connectivity index (χ1n) is 9.38. The lowest BCUT2D eigenvalue weighted by Gasteiger charge is -2.35. The van der Waals surface area contributed by atoms with E-state index >= 15 is 0 Å². The fourth-order valence-electron chi connectivity index (χ4n) is 3.63. The summed E-state index contributed by atoms with van der Waals surface area (Å²) in [6.45, 7) is 1.55. The number of benzene rings is 2. The van der Waals surface area contributed by atoms with Gasteiger partial charge in [-0.1, -0.05) is 37.5 Å².